The number of ketones is 1. The summed E-state index contributed by atoms with van der Waals surface area (Å²) >= 11 is 0. The Balaban J connectivity index is 1.96. The van der Waals surface area contributed by atoms with E-state index in [-0.39, 0.29) is 30.0 Å². The second kappa shape index (κ2) is 7.96. The molecule has 8 heteroatoms. The van der Waals surface area contributed by atoms with Crippen LogP contribution >= 0.6 is 0 Å². The maximum atomic E-state index is 14.7. The third-order valence-corrected chi connectivity index (χ3v) is 5.58. The molecule has 0 bridgehead atoms. The number of Topliss-reactive ketones (excluding diaryl/α,β-unsaturated/α-hetero) is 1. The van der Waals surface area contributed by atoms with Crippen molar-refractivity contribution in [1.29, 1.82) is 0 Å². The molecule has 1 aromatic carbocycles. The second-order valence-electron chi connectivity index (χ2n) is 7.44. The number of nitrogens with zero attached hydrogens (tertiary/aromatic N) is 3. The van der Waals surface area contributed by atoms with E-state index >= 15 is 0 Å². The number of rotatable bonds is 5. The average molecular weight is 423 g/mol. The zero-order valence-corrected chi connectivity index (χ0v) is 17.4. The van der Waals surface area contributed by atoms with Gasteiger partial charge in [0, 0.05) is 25.4 Å². The summed E-state index contributed by atoms with van der Waals surface area (Å²) in [7, 11) is 1.47. The number of fused-ring (bicyclic) bond motifs is 1. The predicted octanol–water partition coefficient (Wildman–Crippen LogP) is 3.16. The number of imidazole rings is 1. The summed E-state index contributed by atoms with van der Waals surface area (Å²) in [6, 6.07) is 8.55. The first-order valence-electron chi connectivity index (χ1n) is 9.83. The molecule has 31 heavy (non-hydrogen) atoms. The summed E-state index contributed by atoms with van der Waals surface area (Å²) in [4.78, 5) is 31.5. The van der Waals surface area contributed by atoms with Gasteiger partial charge in [0.2, 0.25) is 0 Å². The number of halogens is 1. The molecule has 1 fully saturated rings. The van der Waals surface area contributed by atoms with Gasteiger partial charge < -0.3 is 19.1 Å². The van der Waals surface area contributed by atoms with Crippen LogP contribution in [0.15, 0.2) is 48.2 Å². The van der Waals surface area contributed by atoms with Crippen LogP contribution in [0.3, 0.4) is 0 Å². The number of methoxy groups -OCH3 is 1. The number of ether oxygens (including phenoxy) is 1. The maximum absolute atomic E-state index is 14.7. The topological polar surface area (TPSA) is 84.1 Å². The average Bonchev–Trinajstić information content (AvgIpc) is 3.22. The van der Waals surface area contributed by atoms with E-state index in [4.69, 9.17) is 4.74 Å². The minimum atomic E-state index is -1.08. The molecular formula is C23H22FN3O4. The number of aliphatic hydroxyl groups excluding tert-OH is 1. The number of carbonyl (C=O) groups is 2. The summed E-state index contributed by atoms with van der Waals surface area (Å²) in [6.07, 6.45) is 1.80. The molecule has 1 saturated heterocycles. The van der Waals surface area contributed by atoms with Crippen LogP contribution in [0.5, 0.6) is 0 Å². The van der Waals surface area contributed by atoms with Crippen LogP contribution < -0.4 is 0 Å². The van der Waals surface area contributed by atoms with Gasteiger partial charge in [0.25, 0.3) is 11.7 Å². The van der Waals surface area contributed by atoms with Crippen molar-refractivity contribution in [3.05, 3.63) is 76.5 Å². The number of hydrogen-bond donors (Lipinski definition) is 1. The fourth-order valence-corrected chi connectivity index (χ4v) is 3.99. The Kier molecular flexibility index (Phi) is 5.32. The molecule has 1 amide bonds. The molecule has 3 heterocycles. The predicted molar refractivity (Wildman–Crippen MR) is 112 cm³/mol. The van der Waals surface area contributed by atoms with E-state index in [0.717, 1.165) is 5.56 Å². The minimum absolute atomic E-state index is 0.0696. The van der Waals surface area contributed by atoms with E-state index in [0.29, 0.717) is 11.3 Å². The van der Waals surface area contributed by atoms with Crippen molar-refractivity contribution in [1.82, 2.24) is 14.3 Å². The highest BCUT2D eigenvalue weighted by Gasteiger charge is 2.47. The highest BCUT2D eigenvalue weighted by atomic mass is 19.1. The van der Waals surface area contributed by atoms with Crippen LogP contribution in [0.2, 0.25) is 0 Å². The van der Waals surface area contributed by atoms with Crippen LogP contribution in [0, 0.1) is 19.7 Å². The summed E-state index contributed by atoms with van der Waals surface area (Å²) in [5, 5.41) is 11.2. The zero-order chi connectivity index (χ0) is 22.3. The van der Waals surface area contributed by atoms with Crippen LogP contribution in [0.1, 0.15) is 28.6 Å². The normalized spacial score (nSPS) is 18.3. The molecule has 2 aromatic heterocycles. The smallest absolute Gasteiger partial charge is 0.295 e. The molecule has 0 saturated carbocycles. The number of pyridine rings is 1. The molecule has 0 radical (unpaired) electrons. The summed E-state index contributed by atoms with van der Waals surface area (Å²) in [5.41, 5.74) is 2.23. The number of amides is 1. The number of likely N-dealkylation sites (tertiary alicyclic amines) is 1. The molecule has 1 aliphatic rings. The maximum Gasteiger partial charge on any atom is 0.295 e. The van der Waals surface area contributed by atoms with E-state index in [9.17, 15) is 19.1 Å². The lowest BCUT2D eigenvalue weighted by Gasteiger charge is -2.25. The quantitative estimate of drug-likeness (QED) is 0.387. The Hall–Kier alpha value is -3.52. The van der Waals surface area contributed by atoms with Crippen molar-refractivity contribution >= 4 is 23.1 Å². The van der Waals surface area contributed by atoms with E-state index in [1.165, 1.54) is 30.2 Å². The standard InChI is InChI=1S/C23H22FN3O4/c1-13-7-6-10-26-14(2)18(25-22(13)26)20(28)17-19(15-8-4-5-9-16(15)24)27(11-12-31-3)23(30)21(17)29/h4-10,19,28H,11-12H2,1-3H3/b20-17+. The van der Waals surface area contributed by atoms with E-state index in [2.05, 4.69) is 4.98 Å². The molecular weight excluding hydrogens is 401 g/mol. The number of aromatic nitrogens is 2. The van der Waals surface area contributed by atoms with Crippen LogP contribution in [-0.2, 0) is 14.3 Å². The number of aryl methyl sites for hydroxylation is 2. The molecule has 4 rings (SSSR count). The fourth-order valence-electron chi connectivity index (χ4n) is 3.99. The molecule has 0 aliphatic carbocycles. The fraction of sp³-hybridized carbons (Fsp3) is 0.261. The van der Waals surface area contributed by atoms with Gasteiger partial charge in [-0.25, -0.2) is 9.37 Å². The Labute approximate surface area is 178 Å². The minimum Gasteiger partial charge on any atom is -0.505 e. The van der Waals surface area contributed by atoms with E-state index in [1.807, 2.05) is 19.1 Å². The Morgan fingerprint density at radius 3 is 2.61 bits per heavy atom. The number of aliphatic hydroxyl groups is 1. The molecule has 1 atom stereocenters. The number of carbonyl (C=O) groups excluding carboxylic acids is 2. The molecule has 1 unspecified atom stereocenters. The third kappa shape index (κ3) is 3.29. The van der Waals surface area contributed by atoms with Crippen LogP contribution in [0.4, 0.5) is 4.39 Å². The van der Waals surface area contributed by atoms with Gasteiger partial charge in [-0.05, 0) is 31.5 Å². The van der Waals surface area contributed by atoms with Gasteiger partial charge in [0.1, 0.15) is 17.2 Å². The highest BCUT2D eigenvalue weighted by molar-refractivity contribution is 6.46. The Bertz CT molecular complexity index is 1230. The number of benzene rings is 1. The molecule has 160 valence electrons. The van der Waals surface area contributed by atoms with Crippen LogP contribution in [0.25, 0.3) is 11.4 Å². The van der Waals surface area contributed by atoms with Crippen molar-refractivity contribution < 1.29 is 23.8 Å². The summed E-state index contributed by atoms with van der Waals surface area (Å²) < 4.78 is 21.6. The van der Waals surface area contributed by atoms with Gasteiger partial charge in [-0.2, -0.15) is 0 Å². The molecule has 7 nitrogen and oxygen atoms in total. The van der Waals surface area contributed by atoms with Gasteiger partial charge in [-0.1, -0.05) is 24.3 Å². The van der Waals surface area contributed by atoms with Gasteiger partial charge in [0.05, 0.1) is 23.9 Å². The SMILES string of the molecule is COCCN1C(=O)C(=O)/C(=C(/O)c2nc3c(C)cccn3c2C)C1c1ccccc1F. The van der Waals surface area contributed by atoms with Gasteiger partial charge in [-0.15, -0.1) is 0 Å². The highest BCUT2D eigenvalue weighted by Crippen LogP contribution is 2.40. The van der Waals surface area contributed by atoms with E-state index in [1.54, 1.807) is 23.6 Å². The monoisotopic (exact) mass is 423 g/mol. The van der Waals surface area contributed by atoms with Crippen molar-refractivity contribution in [2.45, 2.75) is 19.9 Å². The van der Waals surface area contributed by atoms with Gasteiger partial charge >= 0.3 is 0 Å². The van der Waals surface area contributed by atoms with Crippen molar-refractivity contribution in [2.75, 3.05) is 20.3 Å². The Morgan fingerprint density at radius 1 is 1.19 bits per heavy atom. The zero-order valence-electron chi connectivity index (χ0n) is 17.4. The Morgan fingerprint density at radius 2 is 1.94 bits per heavy atom. The van der Waals surface area contributed by atoms with Crippen molar-refractivity contribution in [3.63, 3.8) is 0 Å². The summed E-state index contributed by atoms with van der Waals surface area (Å²) in [5.74, 6) is -2.70. The van der Waals surface area contributed by atoms with Crippen molar-refractivity contribution in [3.8, 4) is 0 Å². The molecule has 1 N–H and O–H groups in total. The molecule has 3 aromatic rings. The molecule has 1 aliphatic heterocycles. The number of hydrogen-bond acceptors (Lipinski definition) is 5. The van der Waals surface area contributed by atoms with Gasteiger partial charge in [-0.3, -0.25) is 9.59 Å². The second-order valence-corrected chi connectivity index (χ2v) is 7.44. The lowest BCUT2D eigenvalue weighted by Crippen LogP contribution is -2.33. The first-order chi connectivity index (χ1) is 14.9. The van der Waals surface area contributed by atoms with Crippen LogP contribution in [-0.4, -0.2) is 51.3 Å². The van der Waals surface area contributed by atoms with Gasteiger partial charge in [0.15, 0.2) is 5.76 Å². The first-order valence-corrected chi connectivity index (χ1v) is 9.83. The lowest BCUT2D eigenvalue weighted by atomic mass is 9.96. The van der Waals surface area contributed by atoms with E-state index < -0.39 is 29.3 Å². The first kappa shape index (κ1) is 20.7. The largest absolute Gasteiger partial charge is 0.505 e. The third-order valence-electron chi connectivity index (χ3n) is 5.58. The summed E-state index contributed by atoms with van der Waals surface area (Å²) in [6.45, 7) is 3.87. The molecule has 0 spiro atoms. The lowest BCUT2D eigenvalue weighted by molar-refractivity contribution is -0.140. The van der Waals surface area contributed by atoms with Crippen molar-refractivity contribution in [2.24, 2.45) is 0 Å².